The Labute approximate surface area is 125 Å². The van der Waals surface area contributed by atoms with Gasteiger partial charge in [0.05, 0.1) is 17.1 Å². The molecular weight excluding hydrogens is 264 g/mol. The van der Waals surface area contributed by atoms with E-state index in [-0.39, 0.29) is 5.78 Å². The number of nitrogens with zero attached hydrogens (tertiary/aromatic N) is 3. The molecule has 1 N–H and O–H groups in total. The molecule has 5 nitrogen and oxygen atoms in total. The van der Waals surface area contributed by atoms with Gasteiger partial charge in [0, 0.05) is 33.4 Å². The van der Waals surface area contributed by atoms with Gasteiger partial charge in [-0.15, -0.1) is 0 Å². The van der Waals surface area contributed by atoms with E-state index in [0.717, 1.165) is 29.2 Å². The number of hydrogen-bond donors (Lipinski definition) is 1. The van der Waals surface area contributed by atoms with Crippen molar-refractivity contribution in [1.29, 1.82) is 0 Å². The highest BCUT2D eigenvalue weighted by molar-refractivity contribution is 5.94. The SMILES string of the molecule is C/C=C(\NC)c1nc(C(C)=O)n2c1/C(=C/CC)N(C)C=C2. The third-order valence-corrected chi connectivity index (χ3v) is 3.50. The Morgan fingerprint density at radius 3 is 2.67 bits per heavy atom. The molecule has 112 valence electrons. The summed E-state index contributed by atoms with van der Waals surface area (Å²) in [5, 5.41) is 3.15. The van der Waals surface area contributed by atoms with Gasteiger partial charge in [0.2, 0.25) is 0 Å². The third-order valence-electron chi connectivity index (χ3n) is 3.50. The van der Waals surface area contributed by atoms with Gasteiger partial charge in [-0.2, -0.15) is 0 Å². The van der Waals surface area contributed by atoms with E-state index in [2.05, 4.69) is 28.2 Å². The molecule has 0 unspecified atom stereocenters. The van der Waals surface area contributed by atoms with Crippen LogP contribution in [0.2, 0.25) is 0 Å². The molecule has 0 fully saturated rings. The van der Waals surface area contributed by atoms with Gasteiger partial charge in [-0.3, -0.25) is 9.36 Å². The number of imidazole rings is 1. The molecule has 5 heteroatoms. The molecular formula is C16H22N4O. The predicted molar refractivity (Wildman–Crippen MR) is 86.3 cm³/mol. The van der Waals surface area contributed by atoms with Gasteiger partial charge in [-0.25, -0.2) is 4.98 Å². The number of ketones is 1. The number of carbonyl (C=O) groups excluding carboxylic acids is 1. The highest BCUT2D eigenvalue weighted by atomic mass is 16.1. The minimum Gasteiger partial charge on any atom is -0.387 e. The first-order chi connectivity index (χ1) is 10.0. The van der Waals surface area contributed by atoms with Crippen molar-refractivity contribution in [2.45, 2.75) is 27.2 Å². The van der Waals surface area contributed by atoms with Gasteiger partial charge >= 0.3 is 0 Å². The molecule has 2 heterocycles. The first-order valence-corrected chi connectivity index (χ1v) is 7.14. The van der Waals surface area contributed by atoms with Crippen LogP contribution in [0.4, 0.5) is 0 Å². The zero-order chi connectivity index (χ0) is 15.6. The van der Waals surface area contributed by atoms with E-state index >= 15 is 0 Å². The van der Waals surface area contributed by atoms with Crippen LogP contribution in [0.5, 0.6) is 0 Å². The van der Waals surface area contributed by atoms with E-state index in [1.807, 2.05) is 44.1 Å². The lowest BCUT2D eigenvalue weighted by Crippen LogP contribution is -2.19. The average molecular weight is 286 g/mol. The van der Waals surface area contributed by atoms with Crippen LogP contribution in [0.1, 0.15) is 49.2 Å². The Hall–Kier alpha value is -2.30. The fraction of sp³-hybridized carbons (Fsp3) is 0.375. The maximum atomic E-state index is 11.9. The van der Waals surface area contributed by atoms with E-state index in [1.54, 1.807) is 6.92 Å². The number of hydrogen-bond acceptors (Lipinski definition) is 4. The minimum atomic E-state index is -0.0425. The molecule has 0 spiro atoms. The Morgan fingerprint density at radius 1 is 1.43 bits per heavy atom. The summed E-state index contributed by atoms with van der Waals surface area (Å²) in [6.07, 6.45) is 8.86. The van der Waals surface area contributed by atoms with Crippen molar-refractivity contribution in [3.63, 3.8) is 0 Å². The summed E-state index contributed by atoms with van der Waals surface area (Å²) in [5.74, 6) is 0.417. The zero-order valence-corrected chi connectivity index (χ0v) is 13.3. The van der Waals surface area contributed by atoms with Crippen molar-refractivity contribution in [1.82, 2.24) is 19.8 Å². The van der Waals surface area contributed by atoms with Crippen LogP contribution in [0.3, 0.4) is 0 Å². The maximum absolute atomic E-state index is 11.9. The fourth-order valence-corrected chi connectivity index (χ4v) is 2.51. The van der Waals surface area contributed by atoms with E-state index in [4.69, 9.17) is 0 Å². The van der Waals surface area contributed by atoms with Crippen molar-refractivity contribution in [2.75, 3.05) is 14.1 Å². The molecule has 0 radical (unpaired) electrons. The first kappa shape index (κ1) is 15.1. The molecule has 0 bridgehead atoms. The summed E-state index contributed by atoms with van der Waals surface area (Å²) < 4.78 is 1.88. The zero-order valence-electron chi connectivity index (χ0n) is 13.3. The molecule has 0 atom stereocenters. The predicted octanol–water partition coefficient (Wildman–Crippen LogP) is 2.79. The summed E-state index contributed by atoms with van der Waals surface area (Å²) >= 11 is 0. The van der Waals surface area contributed by atoms with Crippen molar-refractivity contribution in [3.8, 4) is 0 Å². The molecule has 1 aliphatic rings. The molecule has 0 aliphatic carbocycles. The van der Waals surface area contributed by atoms with Gasteiger partial charge in [0.15, 0.2) is 11.6 Å². The average Bonchev–Trinajstić information content (AvgIpc) is 2.83. The van der Waals surface area contributed by atoms with E-state index in [0.29, 0.717) is 5.82 Å². The van der Waals surface area contributed by atoms with E-state index < -0.39 is 0 Å². The monoisotopic (exact) mass is 286 g/mol. The second-order valence-electron chi connectivity index (χ2n) is 4.92. The first-order valence-electron chi connectivity index (χ1n) is 7.14. The Balaban J connectivity index is 2.78. The van der Waals surface area contributed by atoms with Crippen LogP contribution in [0.15, 0.2) is 18.4 Å². The fourth-order valence-electron chi connectivity index (χ4n) is 2.51. The standard InChI is InChI=1S/C16H22N4O/c1-6-8-13-15-14(12(7-2)17-4)18-16(11(3)21)20(15)10-9-19(13)5/h7-10,17H,6H2,1-5H3/b12-7-,13-8-. The summed E-state index contributed by atoms with van der Waals surface area (Å²) in [6.45, 7) is 5.60. The van der Waals surface area contributed by atoms with Gasteiger partial charge < -0.3 is 10.2 Å². The quantitative estimate of drug-likeness (QED) is 0.865. The molecule has 0 aromatic carbocycles. The number of fused-ring (bicyclic) bond motifs is 1. The van der Waals surface area contributed by atoms with Crippen molar-refractivity contribution < 1.29 is 4.79 Å². The topological polar surface area (TPSA) is 50.2 Å². The van der Waals surface area contributed by atoms with Gasteiger partial charge in [0.25, 0.3) is 0 Å². The van der Waals surface area contributed by atoms with Crippen LogP contribution < -0.4 is 5.32 Å². The Kier molecular flexibility index (Phi) is 4.31. The molecule has 21 heavy (non-hydrogen) atoms. The molecule has 0 saturated heterocycles. The number of Topliss-reactive ketones (excluding diaryl/α,β-unsaturated/α-hetero) is 1. The molecule has 0 amide bonds. The normalized spacial score (nSPS) is 16.3. The summed E-state index contributed by atoms with van der Waals surface area (Å²) in [4.78, 5) is 18.5. The van der Waals surface area contributed by atoms with E-state index in [9.17, 15) is 4.79 Å². The van der Waals surface area contributed by atoms with Gasteiger partial charge in [0.1, 0.15) is 5.69 Å². The Morgan fingerprint density at radius 2 is 2.14 bits per heavy atom. The molecule has 1 aromatic heterocycles. The van der Waals surface area contributed by atoms with Crippen molar-refractivity contribution >= 4 is 23.4 Å². The lowest BCUT2D eigenvalue weighted by atomic mass is 10.1. The van der Waals surface area contributed by atoms with Crippen LogP contribution in [-0.4, -0.2) is 34.3 Å². The number of nitrogens with one attached hydrogen (secondary N) is 1. The number of aromatic nitrogens is 2. The van der Waals surface area contributed by atoms with Crippen molar-refractivity contribution in [3.05, 3.63) is 35.6 Å². The summed E-state index contributed by atoms with van der Waals surface area (Å²) in [7, 11) is 3.86. The molecule has 2 rings (SSSR count). The summed E-state index contributed by atoms with van der Waals surface area (Å²) in [6, 6.07) is 0. The summed E-state index contributed by atoms with van der Waals surface area (Å²) in [5.41, 5.74) is 3.73. The second-order valence-corrected chi connectivity index (χ2v) is 4.92. The Bertz CT molecular complexity index is 649. The number of allylic oxidation sites excluding steroid dienone is 2. The minimum absolute atomic E-state index is 0.0425. The molecule has 1 aliphatic heterocycles. The number of rotatable bonds is 4. The smallest absolute Gasteiger partial charge is 0.195 e. The largest absolute Gasteiger partial charge is 0.387 e. The van der Waals surface area contributed by atoms with Gasteiger partial charge in [-0.05, 0) is 13.3 Å². The number of carbonyl (C=O) groups is 1. The highest BCUT2D eigenvalue weighted by Crippen LogP contribution is 2.31. The van der Waals surface area contributed by atoms with E-state index in [1.165, 1.54) is 0 Å². The molecule has 0 saturated carbocycles. The van der Waals surface area contributed by atoms with Crippen molar-refractivity contribution in [2.24, 2.45) is 0 Å². The van der Waals surface area contributed by atoms with Crippen LogP contribution >= 0.6 is 0 Å². The maximum Gasteiger partial charge on any atom is 0.195 e. The third kappa shape index (κ3) is 2.51. The van der Waals surface area contributed by atoms with Crippen LogP contribution in [0.25, 0.3) is 17.6 Å². The van der Waals surface area contributed by atoms with Crippen LogP contribution in [0, 0.1) is 0 Å². The lowest BCUT2D eigenvalue weighted by Gasteiger charge is -2.25. The second kappa shape index (κ2) is 5.99. The highest BCUT2D eigenvalue weighted by Gasteiger charge is 2.26. The molecule has 1 aromatic rings. The van der Waals surface area contributed by atoms with Gasteiger partial charge in [-0.1, -0.05) is 19.1 Å². The van der Waals surface area contributed by atoms with Crippen LogP contribution in [-0.2, 0) is 0 Å². The lowest BCUT2D eigenvalue weighted by molar-refractivity contribution is 0.100.